The van der Waals surface area contributed by atoms with Crippen LogP contribution in [0.25, 0.3) is 0 Å². The lowest BCUT2D eigenvalue weighted by Gasteiger charge is -2.16. The van der Waals surface area contributed by atoms with Crippen molar-refractivity contribution in [1.29, 1.82) is 0 Å². The molecule has 1 unspecified atom stereocenters. The van der Waals surface area contributed by atoms with Gasteiger partial charge in [-0.15, -0.1) is 0 Å². The van der Waals surface area contributed by atoms with Gasteiger partial charge in [0.2, 0.25) is 5.91 Å². The number of unbranched alkanes of at least 4 members (excludes halogenated alkanes) is 1. The Morgan fingerprint density at radius 2 is 2.00 bits per heavy atom. The molecule has 0 saturated carbocycles. The van der Waals surface area contributed by atoms with Gasteiger partial charge in [0.25, 0.3) is 0 Å². The second-order valence-corrected chi connectivity index (χ2v) is 5.21. The smallest absolute Gasteiger partial charge is 0.227 e. The number of phenolic OH excluding ortho intramolecular Hbond substituents is 1. The molecule has 106 valence electrons. The SMILES string of the molecule is CCCCC(CC)C(=O)Nc1cc(C)cc(C)c1O. The van der Waals surface area contributed by atoms with Crippen LogP contribution in [0.2, 0.25) is 0 Å². The highest BCUT2D eigenvalue weighted by Crippen LogP contribution is 2.29. The second-order valence-electron chi connectivity index (χ2n) is 5.21. The van der Waals surface area contributed by atoms with Crippen molar-refractivity contribution < 1.29 is 9.90 Å². The van der Waals surface area contributed by atoms with E-state index < -0.39 is 0 Å². The van der Waals surface area contributed by atoms with Crippen molar-refractivity contribution in [2.24, 2.45) is 5.92 Å². The topological polar surface area (TPSA) is 49.3 Å². The van der Waals surface area contributed by atoms with Crippen molar-refractivity contribution in [3.8, 4) is 5.75 Å². The van der Waals surface area contributed by atoms with E-state index in [1.807, 2.05) is 32.9 Å². The molecule has 0 fully saturated rings. The van der Waals surface area contributed by atoms with E-state index in [-0.39, 0.29) is 17.6 Å². The van der Waals surface area contributed by atoms with Crippen LogP contribution in [0.4, 0.5) is 5.69 Å². The molecule has 0 saturated heterocycles. The van der Waals surface area contributed by atoms with Crippen molar-refractivity contribution in [3.05, 3.63) is 23.3 Å². The van der Waals surface area contributed by atoms with Crippen LogP contribution in [0.5, 0.6) is 5.75 Å². The van der Waals surface area contributed by atoms with Gasteiger partial charge in [0.1, 0.15) is 5.75 Å². The molecule has 3 heteroatoms. The zero-order chi connectivity index (χ0) is 14.4. The molecule has 1 rings (SSSR count). The summed E-state index contributed by atoms with van der Waals surface area (Å²) >= 11 is 0. The molecule has 2 N–H and O–H groups in total. The number of aryl methyl sites for hydroxylation is 2. The van der Waals surface area contributed by atoms with Gasteiger partial charge in [0.15, 0.2) is 0 Å². The Balaban J connectivity index is 2.80. The van der Waals surface area contributed by atoms with E-state index in [0.717, 1.165) is 36.8 Å². The molecule has 1 amide bonds. The molecule has 0 aromatic heterocycles. The molecular weight excluding hydrogens is 238 g/mol. The van der Waals surface area contributed by atoms with Gasteiger partial charge in [-0.05, 0) is 43.9 Å². The Kier molecular flexibility index (Phi) is 5.87. The monoisotopic (exact) mass is 263 g/mol. The minimum Gasteiger partial charge on any atom is -0.505 e. The molecule has 0 aliphatic heterocycles. The van der Waals surface area contributed by atoms with E-state index in [1.54, 1.807) is 0 Å². The Labute approximate surface area is 116 Å². The maximum atomic E-state index is 12.2. The van der Waals surface area contributed by atoms with E-state index in [1.165, 1.54) is 0 Å². The summed E-state index contributed by atoms with van der Waals surface area (Å²) in [7, 11) is 0. The first-order valence-corrected chi connectivity index (χ1v) is 7.10. The molecule has 19 heavy (non-hydrogen) atoms. The molecule has 1 atom stereocenters. The summed E-state index contributed by atoms with van der Waals surface area (Å²) in [4.78, 5) is 12.2. The minimum atomic E-state index is 0.0104. The number of benzene rings is 1. The van der Waals surface area contributed by atoms with Crippen molar-refractivity contribution in [1.82, 2.24) is 0 Å². The van der Waals surface area contributed by atoms with Gasteiger partial charge >= 0.3 is 0 Å². The standard InChI is InChI=1S/C16H25NO2/c1-5-7-8-13(6-2)16(19)17-14-10-11(3)9-12(4)15(14)18/h9-10,13,18H,5-8H2,1-4H3,(H,17,19). The highest BCUT2D eigenvalue weighted by Gasteiger charge is 2.17. The molecule has 0 bridgehead atoms. The van der Waals surface area contributed by atoms with Crippen LogP contribution in [0.3, 0.4) is 0 Å². The van der Waals surface area contributed by atoms with Crippen molar-refractivity contribution in [2.75, 3.05) is 5.32 Å². The summed E-state index contributed by atoms with van der Waals surface area (Å²) in [5, 5.41) is 12.8. The summed E-state index contributed by atoms with van der Waals surface area (Å²) in [5.74, 6) is 0.209. The summed E-state index contributed by atoms with van der Waals surface area (Å²) in [5.41, 5.74) is 2.35. The Hall–Kier alpha value is -1.51. The maximum absolute atomic E-state index is 12.2. The van der Waals surface area contributed by atoms with Gasteiger partial charge < -0.3 is 10.4 Å². The summed E-state index contributed by atoms with van der Waals surface area (Å²) < 4.78 is 0. The fourth-order valence-electron chi connectivity index (χ4n) is 2.26. The average Bonchev–Trinajstić information content (AvgIpc) is 2.36. The van der Waals surface area contributed by atoms with Gasteiger partial charge in [0.05, 0.1) is 5.69 Å². The average molecular weight is 263 g/mol. The van der Waals surface area contributed by atoms with Crippen molar-refractivity contribution in [2.45, 2.75) is 53.4 Å². The number of anilines is 1. The number of phenols is 1. The van der Waals surface area contributed by atoms with Gasteiger partial charge in [-0.2, -0.15) is 0 Å². The normalized spacial score (nSPS) is 12.2. The van der Waals surface area contributed by atoms with Crippen LogP contribution in [-0.4, -0.2) is 11.0 Å². The minimum absolute atomic E-state index is 0.0104. The van der Waals surface area contributed by atoms with Gasteiger partial charge in [-0.1, -0.05) is 32.8 Å². The van der Waals surface area contributed by atoms with Crippen LogP contribution in [0.1, 0.15) is 50.7 Å². The number of nitrogens with one attached hydrogen (secondary N) is 1. The molecular formula is C16H25NO2. The van der Waals surface area contributed by atoms with E-state index in [0.29, 0.717) is 5.69 Å². The number of rotatable bonds is 6. The lowest BCUT2D eigenvalue weighted by atomic mass is 9.98. The van der Waals surface area contributed by atoms with E-state index in [9.17, 15) is 9.90 Å². The summed E-state index contributed by atoms with van der Waals surface area (Å²) in [6, 6.07) is 3.71. The summed E-state index contributed by atoms with van der Waals surface area (Å²) in [6.07, 6.45) is 3.89. The highest BCUT2D eigenvalue weighted by atomic mass is 16.3. The van der Waals surface area contributed by atoms with Crippen LogP contribution < -0.4 is 5.32 Å². The Bertz CT molecular complexity index is 441. The predicted molar refractivity (Wildman–Crippen MR) is 79.5 cm³/mol. The fourth-order valence-corrected chi connectivity index (χ4v) is 2.26. The third kappa shape index (κ3) is 4.27. The molecule has 0 spiro atoms. The highest BCUT2D eigenvalue weighted by molar-refractivity contribution is 5.94. The third-order valence-corrected chi connectivity index (χ3v) is 3.47. The number of carbonyl (C=O) groups is 1. The molecule has 0 aliphatic rings. The zero-order valence-electron chi connectivity index (χ0n) is 12.4. The van der Waals surface area contributed by atoms with Crippen molar-refractivity contribution >= 4 is 11.6 Å². The quantitative estimate of drug-likeness (QED) is 0.757. The number of carbonyl (C=O) groups excluding carboxylic acids is 1. The van der Waals surface area contributed by atoms with Crippen LogP contribution in [0.15, 0.2) is 12.1 Å². The summed E-state index contributed by atoms with van der Waals surface area (Å²) in [6.45, 7) is 7.95. The third-order valence-electron chi connectivity index (χ3n) is 3.47. The zero-order valence-corrected chi connectivity index (χ0v) is 12.4. The van der Waals surface area contributed by atoms with E-state index in [4.69, 9.17) is 0 Å². The predicted octanol–water partition coefficient (Wildman–Crippen LogP) is 4.16. The number of hydrogen-bond acceptors (Lipinski definition) is 2. The van der Waals surface area contributed by atoms with Crippen LogP contribution >= 0.6 is 0 Å². The Morgan fingerprint density at radius 1 is 1.32 bits per heavy atom. The number of aromatic hydroxyl groups is 1. The first-order valence-electron chi connectivity index (χ1n) is 7.10. The molecule has 0 heterocycles. The second kappa shape index (κ2) is 7.17. The first-order chi connectivity index (χ1) is 8.99. The van der Waals surface area contributed by atoms with Gasteiger partial charge in [0, 0.05) is 5.92 Å². The first kappa shape index (κ1) is 15.5. The van der Waals surface area contributed by atoms with Crippen molar-refractivity contribution in [3.63, 3.8) is 0 Å². The molecule has 3 nitrogen and oxygen atoms in total. The lowest BCUT2D eigenvalue weighted by Crippen LogP contribution is -2.22. The van der Waals surface area contributed by atoms with Gasteiger partial charge in [-0.25, -0.2) is 0 Å². The lowest BCUT2D eigenvalue weighted by molar-refractivity contribution is -0.120. The molecule has 1 aromatic carbocycles. The maximum Gasteiger partial charge on any atom is 0.227 e. The van der Waals surface area contributed by atoms with Crippen LogP contribution in [0, 0.1) is 19.8 Å². The largest absolute Gasteiger partial charge is 0.505 e. The van der Waals surface area contributed by atoms with Gasteiger partial charge in [-0.3, -0.25) is 4.79 Å². The Morgan fingerprint density at radius 3 is 2.58 bits per heavy atom. The van der Waals surface area contributed by atoms with Crippen LogP contribution in [-0.2, 0) is 4.79 Å². The van der Waals surface area contributed by atoms with E-state index >= 15 is 0 Å². The number of amides is 1. The van der Waals surface area contributed by atoms with E-state index in [2.05, 4.69) is 12.2 Å². The fraction of sp³-hybridized carbons (Fsp3) is 0.562. The number of hydrogen-bond donors (Lipinski definition) is 2. The molecule has 0 aliphatic carbocycles. The molecule has 1 aromatic rings. The molecule has 0 radical (unpaired) electrons.